The molecule has 1 saturated heterocycles. The van der Waals surface area contributed by atoms with Crippen LogP contribution in [0.15, 0.2) is 0 Å². The largest absolute Gasteiger partial charge is 0.466 e. The van der Waals surface area contributed by atoms with Gasteiger partial charge in [0.1, 0.15) is 12.2 Å². The zero-order valence-corrected chi connectivity index (χ0v) is 20.7. The van der Waals surface area contributed by atoms with Crippen molar-refractivity contribution in [3.8, 4) is 0 Å². The van der Waals surface area contributed by atoms with Crippen LogP contribution < -0.4 is 0 Å². The van der Waals surface area contributed by atoms with Gasteiger partial charge in [0.2, 0.25) is 0 Å². The summed E-state index contributed by atoms with van der Waals surface area (Å²) in [6.45, 7) is 16.2. The number of carbonyl (C=O) groups is 4. The van der Waals surface area contributed by atoms with Gasteiger partial charge < -0.3 is 23.7 Å². The van der Waals surface area contributed by atoms with E-state index in [1.165, 1.54) is 13.8 Å². The molecule has 0 spiro atoms. The normalized spacial score (nSPS) is 16.5. The minimum atomic E-state index is -1.30. The van der Waals surface area contributed by atoms with E-state index in [0.717, 1.165) is 0 Å². The molecule has 0 radical (unpaired) electrons. The van der Waals surface area contributed by atoms with Crippen LogP contribution in [0.5, 0.6) is 0 Å². The summed E-state index contributed by atoms with van der Waals surface area (Å²) in [5.41, 5.74) is -1.26. The van der Waals surface area contributed by atoms with Crippen molar-refractivity contribution < 1.29 is 42.9 Å². The Labute approximate surface area is 186 Å². The smallest absolute Gasteiger partial charge is 0.324 e. The van der Waals surface area contributed by atoms with Gasteiger partial charge in [-0.1, -0.05) is 0 Å². The second-order valence-corrected chi connectivity index (χ2v) is 8.34. The zero-order chi connectivity index (χ0) is 24.9. The van der Waals surface area contributed by atoms with Crippen molar-refractivity contribution in [2.45, 2.75) is 80.1 Å². The van der Waals surface area contributed by atoms with Crippen molar-refractivity contribution in [1.82, 2.24) is 0 Å². The molecular weight excluding hydrogens is 408 g/mol. The number of hydrogen-bond donors (Lipinski definition) is 0. The van der Waals surface area contributed by atoms with Crippen molar-refractivity contribution in [2.75, 3.05) is 33.5 Å². The number of methoxy groups -OCH3 is 1. The molecule has 0 atom stereocenters. The summed E-state index contributed by atoms with van der Waals surface area (Å²) in [5.74, 6) is -2.22. The third-order valence-corrected chi connectivity index (χ3v) is 3.98. The van der Waals surface area contributed by atoms with Crippen LogP contribution in [0.25, 0.3) is 0 Å². The molecule has 9 nitrogen and oxygen atoms in total. The van der Waals surface area contributed by atoms with Crippen LogP contribution in [-0.2, 0) is 42.9 Å². The fraction of sp³-hybridized carbons (Fsp3) is 0.818. The number of carbonyl (C=O) groups excluding carboxylic acids is 4. The minimum absolute atomic E-state index is 0.00810. The number of ether oxygens (including phenoxy) is 5. The lowest BCUT2D eigenvalue weighted by Gasteiger charge is -2.40. The average molecular weight is 449 g/mol. The molecule has 0 saturated carbocycles. The fourth-order valence-electron chi connectivity index (χ4n) is 1.83. The van der Waals surface area contributed by atoms with Gasteiger partial charge in [-0.15, -0.1) is 0 Å². The zero-order valence-electron chi connectivity index (χ0n) is 20.7. The summed E-state index contributed by atoms with van der Waals surface area (Å²) in [7, 11) is 1.71. The quantitative estimate of drug-likeness (QED) is 0.447. The SMILES string of the molecule is CCOC(=O)C1(C(C)=O)COC(C)(C)OC1.CCOC(=O)CC(C)=O.COC(C)(C)C. The Morgan fingerprint density at radius 3 is 1.61 bits per heavy atom. The monoisotopic (exact) mass is 448 g/mol. The Kier molecular flexibility index (Phi) is 14.4. The molecule has 0 aromatic heterocycles. The summed E-state index contributed by atoms with van der Waals surface area (Å²) in [4.78, 5) is 44.0. The molecule has 1 heterocycles. The van der Waals surface area contributed by atoms with E-state index in [4.69, 9.17) is 18.9 Å². The molecule has 1 rings (SSSR count). The summed E-state index contributed by atoms with van der Waals surface area (Å²) in [6.07, 6.45) is -0.103. The van der Waals surface area contributed by atoms with E-state index in [-0.39, 0.29) is 43.4 Å². The van der Waals surface area contributed by atoms with Crippen LogP contribution in [0, 0.1) is 5.41 Å². The fourth-order valence-corrected chi connectivity index (χ4v) is 1.83. The number of Topliss-reactive ketones (excluding diaryl/α,β-unsaturated/α-hetero) is 2. The summed E-state index contributed by atoms with van der Waals surface area (Å²) in [5, 5.41) is 0. The molecule has 0 aliphatic carbocycles. The van der Waals surface area contributed by atoms with E-state index < -0.39 is 23.1 Å². The topological polar surface area (TPSA) is 114 Å². The van der Waals surface area contributed by atoms with Gasteiger partial charge in [-0.25, -0.2) is 0 Å². The van der Waals surface area contributed by atoms with Crippen LogP contribution >= 0.6 is 0 Å². The molecule has 0 aromatic rings. The van der Waals surface area contributed by atoms with Crippen molar-refractivity contribution in [2.24, 2.45) is 5.41 Å². The predicted molar refractivity (Wildman–Crippen MR) is 114 cm³/mol. The Hall–Kier alpha value is -1.84. The lowest BCUT2D eigenvalue weighted by Crippen LogP contribution is -2.54. The van der Waals surface area contributed by atoms with E-state index in [2.05, 4.69) is 4.74 Å². The van der Waals surface area contributed by atoms with Crippen molar-refractivity contribution in [3.63, 3.8) is 0 Å². The van der Waals surface area contributed by atoms with E-state index in [9.17, 15) is 19.2 Å². The molecule has 0 amide bonds. The molecule has 1 aliphatic heterocycles. The molecule has 0 unspecified atom stereocenters. The molecule has 1 fully saturated rings. The predicted octanol–water partition coefficient (Wildman–Crippen LogP) is 2.87. The van der Waals surface area contributed by atoms with E-state index in [1.54, 1.807) is 34.8 Å². The molecule has 9 heteroatoms. The highest BCUT2D eigenvalue weighted by Gasteiger charge is 2.50. The Morgan fingerprint density at radius 1 is 0.903 bits per heavy atom. The summed E-state index contributed by atoms with van der Waals surface area (Å²) >= 11 is 0. The lowest BCUT2D eigenvalue weighted by molar-refractivity contribution is -0.278. The van der Waals surface area contributed by atoms with Crippen molar-refractivity contribution >= 4 is 23.5 Å². The maximum Gasteiger partial charge on any atom is 0.324 e. The van der Waals surface area contributed by atoms with E-state index in [0.29, 0.717) is 6.61 Å². The molecule has 1 aliphatic rings. The van der Waals surface area contributed by atoms with Gasteiger partial charge in [0.25, 0.3) is 0 Å². The summed E-state index contributed by atoms with van der Waals surface area (Å²) in [6, 6.07) is 0. The highest BCUT2D eigenvalue weighted by Crippen LogP contribution is 2.31. The van der Waals surface area contributed by atoms with Crippen molar-refractivity contribution in [3.05, 3.63) is 0 Å². The highest BCUT2D eigenvalue weighted by molar-refractivity contribution is 6.03. The molecule has 0 aromatic carbocycles. The first-order valence-corrected chi connectivity index (χ1v) is 10.2. The maximum atomic E-state index is 11.8. The van der Waals surface area contributed by atoms with E-state index in [1.807, 2.05) is 20.8 Å². The van der Waals surface area contributed by atoms with Gasteiger partial charge in [0.15, 0.2) is 17.0 Å². The Bertz CT molecular complexity index is 578. The highest BCUT2D eigenvalue weighted by atomic mass is 16.7. The molecule has 31 heavy (non-hydrogen) atoms. The van der Waals surface area contributed by atoms with Crippen LogP contribution in [0.1, 0.15) is 68.7 Å². The maximum absolute atomic E-state index is 11.8. The Morgan fingerprint density at radius 2 is 1.32 bits per heavy atom. The second-order valence-electron chi connectivity index (χ2n) is 8.34. The number of hydrogen-bond acceptors (Lipinski definition) is 9. The van der Waals surface area contributed by atoms with Gasteiger partial charge in [0.05, 0.1) is 32.0 Å². The number of ketones is 2. The van der Waals surface area contributed by atoms with Gasteiger partial charge in [0, 0.05) is 7.11 Å². The van der Waals surface area contributed by atoms with Gasteiger partial charge >= 0.3 is 11.9 Å². The van der Waals surface area contributed by atoms with Crippen LogP contribution in [0.2, 0.25) is 0 Å². The standard InChI is InChI=1S/C11H18O5.C6H10O3.C5H12O/c1-5-14-9(13)11(8(2)12)6-15-10(3,4)16-7-11;1-3-9-6(8)4-5(2)7;1-5(2,3)6-4/h5-7H2,1-4H3;3-4H2,1-2H3;1-4H3. The molecule has 182 valence electrons. The average Bonchev–Trinajstić information content (AvgIpc) is 2.62. The number of esters is 2. The van der Waals surface area contributed by atoms with Gasteiger partial charge in [-0.05, 0) is 62.3 Å². The first-order chi connectivity index (χ1) is 14.1. The number of rotatable bonds is 6. The van der Waals surface area contributed by atoms with Crippen LogP contribution in [-0.4, -0.2) is 68.4 Å². The Balaban J connectivity index is 0. The third kappa shape index (κ3) is 14.0. The first kappa shape index (κ1) is 31.3. The van der Waals surface area contributed by atoms with Crippen molar-refractivity contribution in [1.29, 1.82) is 0 Å². The minimum Gasteiger partial charge on any atom is -0.466 e. The van der Waals surface area contributed by atoms with Gasteiger partial charge in [-0.2, -0.15) is 0 Å². The molecule has 0 N–H and O–H groups in total. The van der Waals surface area contributed by atoms with Crippen LogP contribution in [0.3, 0.4) is 0 Å². The van der Waals surface area contributed by atoms with E-state index >= 15 is 0 Å². The second kappa shape index (κ2) is 14.3. The lowest BCUT2D eigenvalue weighted by atomic mass is 9.85. The molecule has 0 bridgehead atoms. The van der Waals surface area contributed by atoms with Gasteiger partial charge in [-0.3, -0.25) is 19.2 Å². The summed E-state index contributed by atoms with van der Waals surface area (Å²) < 4.78 is 25.1. The molecular formula is C22H40O9. The third-order valence-electron chi connectivity index (χ3n) is 3.98. The first-order valence-electron chi connectivity index (χ1n) is 10.2. The van der Waals surface area contributed by atoms with Crippen LogP contribution in [0.4, 0.5) is 0 Å².